The van der Waals surface area contributed by atoms with Gasteiger partial charge in [0.05, 0.1) is 31.6 Å². The molecule has 158 valence electrons. The highest BCUT2D eigenvalue weighted by atomic mass is 16.7. The number of esters is 2. The zero-order chi connectivity index (χ0) is 21.6. The number of fused-ring (bicyclic) bond motifs is 5. The highest BCUT2D eigenvalue weighted by Gasteiger charge is 2.71. The first kappa shape index (κ1) is 20.1. The molecule has 9 heteroatoms. The van der Waals surface area contributed by atoms with Gasteiger partial charge in [-0.3, -0.25) is 24.1 Å². The van der Waals surface area contributed by atoms with Crippen LogP contribution in [0.25, 0.3) is 0 Å². The van der Waals surface area contributed by atoms with Gasteiger partial charge in [0, 0.05) is 19.4 Å². The second kappa shape index (κ2) is 7.24. The minimum absolute atomic E-state index is 0.0310. The minimum Gasteiger partial charge on any atom is -0.496 e. The predicted molar refractivity (Wildman–Crippen MR) is 99.6 cm³/mol. The van der Waals surface area contributed by atoms with Gasteiger partial charge in [-0.1, -0.05) is 24.3 Å². The van der Waals surface area contributed by atoms with Gasteiger partial charge >= 0.3 is 11.9 Å². The maximum absolute atomic E-state index is 13.3. The van der Waals surface area contributed by atoms with Crippen LogP contribution in [0.3, 0.4) is 0 Å². The first-order valence-electron chi connectivity index (χ1n) is 9.47. The van der Waals surface area contributed by atoms with Gasteiger partial charge in [-0.2, -0.15) is 0 Å². The normalized spacial score (nSPS) is 28.8. The molecule has 0 N–H and O–H groups in total. The second-order valence-electron chi connectivity index (χ2n) is 7.42. The summed E-state index contributed by atoms with van der Waals surface area (Å²) >= 11 is 0. The fourth-order valence-corrected chi connectivity index (χ4v) is 4.44. The van der Waals surface area contributed by atoms with Crippen LogP contribution < -0.4 is 4.74 Å². The molecule has 2 fully saturated rings. The van der Waals surface area contributed by atoms with Crippen LogP contribution in [0.5, 0.6) is 5.75 Å². The Morgan fingerprint density at radius 3 is 2.43 bits per heavy atom. The van der Waals surface area contributed by atoms with Crippen LogP contribution >= 0.6 is 0 Å². The van der Waals surface area contributed by atoms with E-state index >= 15 is 0 Å². The summed E-state index contributed by atoms with van der Waals surface area (Å²) in [5, 5.41) is 0. The Hall–Kier alpha value is -3.20. The molecule has 4 atom stereocenters. The molecule has 9 nitrogen and oxygen atoms in total. The molecule has 0 saturated carbocycles. The maximum Gasteiger partial charge on any atom is 0.305 e. The van der Waals surface area contributed by atoms with Crippen molar-refractivity contribution in [3.63, 3.8) is 0 Å². The quantitative estimate of drug-likeness (QED) is 0.293. The molecule has 0 unspecified atom stereocenters. The van der Waals surface area contributed by atoms with Crippen molar-refractivity contribution in [3.05, 3.63) is 42.0 Å². The van der Waals surface area contributed by atoms with Gasteiger partial charge in [0.1, 0.15) is 5.75 Å². The van der Waals surface area contributed by atoms with E-state index in [1.54, 1.807) is 36.4 Å². The van der Waals surface area contributed by atoms with Crippen molar-refractivity contribution in [1.29, 1.82) is 0 Å². The number of benzene rings is 1. The molecule has 2 saturated heterocycles. The molecule has 3 heterocycles. The Morgan fingerprint density at radius 2 is 1.80 bits per heavy atom. The number of imide groups is 1. The Labute approximate surface area is 172 Å². The van der Waals surface area contributed by atoms with Crippen molar-refractivity contribution in [1.82, 2.24) is 4.90 Å². The largest absolute Gasteiger partial charge is 0.496 e. The highest BCUT2D eigenvalue weighted by molar-refractivity contribution is 6.07. The summed E-state index contributed by atoms with van der Waals surface area (Å²) in [6, 6.07) is 7.10. The third-order valence-corrected chi connectivity index (χ3v) is 5.60. The van der Waals surface area contributed by atoms with Crippen LogP contribution in [0.15, 0.2) is 36.4 Å². The summed E-state index contributed by atoms with van der Waals surface area (Å²) < 4.78 is 21.6. The number of methoxy groups -OCH3 is 1. The van der Waals surface area contributed by atoms with Gasteiger partial charge in [-0.25, -0.2) is 0 Å². The fourth-order valence-electron chi connectivity index (χ4n) is 4.44. The van der Waals surface area contributed by atoms with E-state index < -0.39 is 53.6 Å². The number of hydrogen-bond acceptors (Lipinski definition) is 8. The summed E-state index contributed by atoms with van der Waals surface area (Å²) in [5.41, 5.74) is -0.872. The van der Waals surface area contributed by atoms with Gasteiger partial charge < -0.3 is 18.9 Å². The highest BCUT2D eigenvalue weighted by Crippen LogP contribution is 2.54. The van der Waals surface area contributed by atoms with Crippen LogP contribution in [-0.4, -0.2) is 53.8 Å². The predicted octanol–water partition coefficient (Wildman–Crippen LogP) is 0.956. The molecule has 0 spiro atoms. The van der Waals surface area contributed by atoms with Gasteiger partial charge in [-0.05, 0) is 12.1 Å². The third-order valence-electron chi connectivity index (χ3n) is 5.60. The molecular formula is C21H21NO8. The topological polar surface area (TPSA) is 108 Å². The Bertz CT molecular complexity index is 940. The van der Waals surface area contributed by atoms with E-state index in [1.807, 2.05) is 0 Å². The van der Waals surface area contributed by atoms with E-state index in [4.69, 9.17) is 18.9 Å². The van der Waals surface area contributed by atoms with E-state index in [2.05, 4.69) is 0 Å². The van der Waals surface area contributed by atoms with E-state index in [-0.39, 0.29) is 6.54 Å². The van der Waals surface area contributed by atoms with Crippen molar-refractivity contribution < 1.29 is 38.1 Å². The number of amides is 2. The van der Waals surface area contributed by atoms with Gasteiger partial charge in [0.15, 0.2) is 5.60 Å². The number of carbonyl (C=O) groups is 4. The van der Waals surface area contributed by atoms with Crippen LogP contribution in [0, 0.1) is 11.8 Å². The Kier molecular flexibility index (Phi) is 4.85. The standard InChI is InChI=1S/C21H21NO8/c1-11(23)28-20(29-12(2)24)21-9-8-15(30-21)16-17(21)19(26)22(18(16)25)10-13-6-4-5-7-14(13)27-3/h4-9,15-17,20H,10H2,1-3H3/t15-,16-,17-,21-/m1/s1. The van der Waals surface area contributed by atoms with Crippen molar-refractivity contribution in [2.75, 3.05) is 7.11 Å². The summed E-state index contributed by atoms with van der Waals surface area (Å²) in [6.45, 7) is 2.35. The molecule has 2 amide bonds. The number of ether oxygens (including phenoxy) is 4. The monoisotopic (exact) mass is 415 g/mol. The molecule has 2 bridgehead atoms. The van der Waals surface area contributed by atoms with E-state index in [9.17, 15) is 19.2 Å². The lowest BCUT2D eigenvalue weighted by Gasteiger charge is -2.34. The first-order chi connectivity index (χ1) is 14.3. The lowest BCUT2D eigenvalue weighted by Crippen LogP contribution is -2.52. The van der Waals surface area contributed by atoms with Crippen LogP contribution in [0.4, 0.5) is 0 Å². The van der Waals surface area contributed by atoms with Gasteiger partial charge in [-0.15, -0.1) is 0 Å². The molecule has 3 aliphatic rings. The average molecular weight is 415 g/mol. The zero-order valence-electron chi connectivity index (χ0n) is 16.7. The fraction of sp³-hybridized carbons (Fsp3) is 0.429. The molecule has 30 heavy (non-hydrogen) atoms. The SMILES string of the molecule is COc1ccccc1CN1C(=O)[C@@H]2[C@H]3C=C[C@@](C(OC(C)=O)OC(C)=O)(O3)[C@H]2C1=O. The molecule has 0 radical (unpaired) electrons. The number of likely N-dealkylation sites (tertiary alicyclic amines) is 1. The van der Waals surface area contributed by atoms with Gasteiger partial charge in [0.2, 0.25) is 11.8 Å². The molecule has 0 aliphatic carbocycles. The van der Waals surface area contributed by atoms with Crippen LogP contribution in [0.1, 0.15) is 19.4 Å². The Balaban J connectivity index is 1.67. The second-order valence-corrected chi connectivity index (χ2v) is 7.42. The summed E-state index contributed by atoms with van der Waals surface area (Å²) in [4.78, 5) is 50.9. The van der Waals surface area contributed by atoms with Gasteiger partial charge in [0.25, 0.3) is 6.29 Å². The first-order valence-corrected chi connectivity index (χ1v) is 9.47. The van der Waals surface area contributed by atoms with Crippen LogP contribution in [0.2, 0.25) is 0 Å². The molecule has 1 aromatic carbocycles. The number of hydrogen-bond donors (Lipinski definition) is 0. The average Bonchev–Trinajstić information content (AvgIpc) is 3.34. The Morgan fingerprint density at radius 1 is 1.13 bits per heavy atom. The molecule has 0 aromatic heterocycles. The van der Waals surface area contributed by atoms with Crippen molar-refractivity contribution in [3.8, 4) is 5.75 Å². The summed E-state index contributed by atoms with van der Waals surface area (Å²) in [5.74, 6) is -3.49. The van der Waals surface area contributed by atoms with Crippen molar-refractivity contribution in [2.45, 2.75) is 38.4 Å². The lowest BCUT2D eigenvalue weighted by molar-refractivity contribution is -0.227. The van der Waals surface area contributed by atoms with E-state index in [0.29, 0.717) is 11.3 Å². The summed E-state index contributed by atoms with van der Waals surface area (Å²) in [6.07, 6.45) is 1.03. The van der Waals surface area contributed by atoms with Crippen LogP contribution in [-0.2, 0) is 39.9 Å². The smallest absolute Gasteiger partial charge is 0.305 e. The summed E-state index contributed by atoms with van der Waals surface area (Å²) in [7, 11) is 1.51. The van der Waals surface area contributed by atoms with E-state index in [0.717, 1.165) is 18.7 Å². The minimum atomic E-state index is -1.55. The number of nitrogens with zero attached hydrogens (tertiary/aromatic N) is 1. The molecule has 3 aliphatic heterocycles. The number of para-hydroxylation sites is 1. The van der Waals surface area contributed by atoms with Crippen molar-refractivity contribution in [2.24, 2.45) is 11.8 Å². The number of carbonyl (C=O) groups excluding carboxylic acids is 4. The third kappa shape index (κ3) is 2.97. The van der Waals surface area contributed by atoms with E-state index in [1.165, 1.54) is 7.11 Å². The molecular weight excluding hydrogens is 394 g/mol. The maximum atomic E-state index is 13.3. The zero-order valence-corrected chi connectivity index (χ0v) is 16.7. The number of rotatable bonds is 6. The molecule has 4 rings (SSSR count). The molecule has 1 aromatic rings. The van der Waals surface area contributed by atoms with Crippen molar-refractivity contribution >= 4 is 23.8 Å². The lowest BCUT2D eigenvalue weighted by atomic mass is 9.76.